The number of anilines is 2. The summed E-state index contributed by atoms with van der Waals surface area (Å²) in [5.41, 5.74) is 2.89. The van der Waals surface area contributed by atoms with Gasteiger partial charge in [0.05, 0.1) is 16.8 Å². The average molecular weight is 557 g/mol. The average Bonchev–Trinajstić information content (AvgIpc) is 3.75. The molecular formula is C30H27F3N8. The molecular weight excluding hydrogens is 529 g/mol. The van der Waals surface area contributed by atoms with E-state index in [1.165, 1.54) is 6.07 Å². The minimum atomic E-state index is -4.49. The fourth-order valence-electron chi connectivity index (χ4n) is 5.91. The zero-order valence-electron chi connectivity index (χ0n) is 22.2. The zero-order valence-corrected chi connectivity index (χ0v) is 22.2. The number of pyridine rings is 1. The summed E-state index contributed by atoms with van der Waals surface area (Å²) in [7, 11) is 0. The van der Waals surface area contributed by atoms with Gasteiger partial charge in [-0.3, -0.25) is 4.40 Å². The molecule has 3 unspecified atom stereocenters. The molecule has 0 radical (unpaired) electrons. The molecule has 0 saturated carbocycles. The molecule has 11 heteroatoms. The summed E-state index contributed by atoms with van der Waals surface area (Å²) in [6.45, 7) is 3.68. The second-order valence-corrected chi connectivity index (χ2v) is 10.6. The standard InChI is InChI=1S/C30H27F3N8/c1-18(19-6-3-2-4-7-19)37-25-13-21(10-11-34-25)27-26(20-8-5-9-22(12-20)30(31,32)33)28-39-36-17-41(28)29(38-27)40-16-23-14-24(40)15-35-23/h2-13,17-18,23-24,35H,14-16H2,1H3,(H,34,37). The van der Waals surface area contributed by atoms with Gasteiger partial charge in [-0.05, 0) is 48.7 Å². The molecule has 0 aliphatic carbocycles. The molecule has 2 N–H and O–H groups in total. The number of hydrogen-bond acceptors (Lipinski definition) is 7. The Bertz CT molecular complexity index is 1720. The first-order valence-electron chi connectivity index (χ1n) is 13.5. The number of nitrogens with one attached hydrogen (secondary N) is 2. The van der Waals surface area contributed by atoms with Crippen molar-refractivity contribution in [3.05, 3.63) is 90.4 Å². The molecule has 0 spiro atoms. The molecule has 2 bridgehead atoms. The molecule has 2 aromatic carbocycles. The summed E-state index contributed by atoms with van der Waals surface area (Å²) in [6, 6.07) is 19.6. The first-order chi connectivity index (χ1) is 19.8. The van der Waals surface area contributed by atoms with Crippen molar-refractivity contribution in [1.82, 2.24) is 29.9 Å². The van der Waals surface area contributed by atoms with E-state index in [0.29, 0.717) is 45.8 Å². The number of hydrogen-bond donors (Lipinski definition) is 2. The highest BCUT2D eigenvalue weighted by molar-refractivity contribution is 5.91. The Labute approximate surface area is 234 Å². The SMILES string of the molecule is CC(Nc1cc(-c2nc(N3CC4CC3CN4)n3cnnc3c2-c2cccc(C(F)(F)F)c2)ccn1)c1ccccc1. The van der Waals surface area contributed by atoms with Crippen LogP contribution in [0.3, 0.4) is 0 Å². The Kier molecular flexibility index (Phi) is 6.11. The highest BCUT2D eigenvalue weighted by atomic mass is 19.4. The van der Waals surface area contributed by atoms with Gasteiger partial charge in [-0.15, -0.1) is 10.2 Å². The lowest BCUT2D eigenvalue weighted by Gasteiger charge is -2.29. The maximum Gasteiger partial charge on any atom is 0.416 e. The monoisotopic (exact) mass is 556 g/mol. The zero-order chi connectivity index (χ0) is 28.1. The van der Waals surface area contributed by atoms with Crippen molar-refractivity contribution in [2.24, 2.45) is 0 Å². The van der Waals surface area contributed by atoms with Gasteiger partial charge < -0.3 is 15.5 Å². The van der Waals surface area contributed by atoms with Crippen LogP contribution in [0.4, 0.5) is 24.9 Å². The third-order valence-electron chi connectivity index (χ3n) is 7.92. The van der Waals surface area contributed by atoms with Gasteiger partial charge in [0.25, 0.3) is 0 Å². The van der Waals surface area contributed by atoms with Crippen LogP contribution in [0.5, 0.6) is 0 Å². The molecule has 7 rings (SSSR count). The number of benzene rings is 2. The predicted octanol–water partition coefficient (Wildman–Crippen LogP) is 5.60. The Balaban J connectivity index is 1.39. The summed E-state index contributed by atoms with van der Waals surface area (Å²) >= 11 is 0. The molecule has 3 atom stereocenters. The summed E-state index contributed by atoms with van der Waals surface area (Å²) < 4.78 is 43.0. The van der Waals surface area contributed by atoms with E-state index in [1.807, 2.05) is 49.4 Å². The highest BCUT2D eigenvalue weighted by Gasteiger charge is 2.40. The third-order valence-corrected chi connectivity index (χ3v) is 7.92. The number of rotatable bonds is 6. The highest BCUT2D eigenvalue weighted by Crippen LogP contribution is 2.40. The van der Waals surface area contributed by atoms with Crippen molar-refractivity contribution >= 4 is 17.4 Å². The van der Waals surface area contributed by atoms with E-state index in [2.05, 4.69) is 30.7 Å². The second-order valence-electron chi connectivity index (χ2n) is 10.6. The van der Waals surface area contributed by atoms with E-state index < -0.39 is 11.7 Å². The molecule has 41 heavy (non-hydrogen) atoms. The molecule has 8 nitrogen and oxygen atoms in total. The Morgan fingerprint density at radius 3 is 2.63 bits per heavy atom. The van der Waals surface area contributed by atoms with Crippen LogP contribution in [-0.4, -0.2) is 49.7 Å². The number of nitrogens with zero attached hydrogens (tertiary/aromatic N) is 6. The van der Waals surface area contributed by atoms with E-state index in [1.54, 1.807) is 23.0 Å². The van der Waals surface area contributed by atoms with Crippen LogP contribution in [0.1, 0.15) is 30.5 Å². The molecule has 2 fully saturated rings. The molecule has 3 aromatic heterocycles. The summed E-state index contributed by atoms with van der Waals surface area (Å²) in [4.78, 5) is 11.9. The Morgan fingerprint density at radius 2 is 1.88 bits per heavy atom. The molecule has 5 heterocycles. The van der Waals surface area contributed by atoms with E-state index in [4.69, 9.17) is 4.98 Å². The van der Waals surface area contributed by atoms with Crippen LogP contribution in [0.2, 0.25) is 0 Å². The summed E-state index contributed by atoms with van der Waals surface area (Å²) in [6.07, 6.45) is -0.214. The molecule has 2 saturated heterocycles. The number of alkyl halides is 3. The van der Waals surface area contributed by atoms with Crippen LogP contribution < -0.4 is 15.5 Å². The Hall–Kier alpha value is -4.51. The fourth-order valence-corrected chi connectivity index (χ4v) is 5.91. The molecule has 5 aromatic rings. The van der Waals surface area contributed by atoms with Gasteiger partial charge in [-0.1, -0.05) is 42.5 Å². The first kappa shape index (κ1) is 25.5. The largest absolute Gasteiger partial charge is 0.416 e. The van der Waals surface area contributed by atoms with E-state index >= 15 is 0 Å². The second kappa shape index (κ2) is 9.84. The van der Waals surface area contributed by atoms with Gasteiger partial charge in [-0.25, -0.2) is 9.97 Å². The van der Waals surface area contributed by atoms with E-state index in [-0.39, 0.29) is 12.1 Å². The van der Waals surface area contributed by atoms with Gasteiger partial charge >= 0.3 is 6.18 Å². The van der Waals surface area contributed by atoms with E-state index in [9.17, 15) is 13.2 Å². The summed E-state index contributed by atoms with van der Waals surface area (Å²) in [5, 5.41) is 15.5. The minimum absolute atomic E-state index is 0.0166. The number of aromatic nitrogens is 5. The topological polar surface area (TPSA) is 83.3 Å². The maximum atomic E-state index is 13.8. The minimum Gasteiger partial charge on any atom is -0.364 e. The van der Waals surface area contributed by atoms with Gasteiger partial charge in [0.2, 0.25) is 5.95 Å². The molecule has 2 aliphatic rings. The third kappa shape index (κ3) is 4.65. The normalized spacial score (nSPS) is 19.2. The molecule has 208 valence electrons. The van der Waals surface area contributed by atoms with Crippen LogP contribution >= 0.6 is 0 Å². The Morgan fingerprint density at radius 1 is 1.02 bits per heavy atom. The van der Waals surface area contributed by atoms with Crippen molar-refractivity contribution < 1.29 is 13.2 Å². The van der Waals surface area contributed by atoms with Crippen LogP contribution in [0, 0.1) is 0 Å². The van der Waals surface area contributed by atoms with Gasteiger partial charge in [0.1, 0.15) is 12.1 Å². The van der Waals surface area contributed by atoms with Crippen LogP contribution in [-0.2, 0) is 6.18 Å². The van der Waals surface area contributed by atoms with Crippen LogP contribution in [0.15, 0.2) is 79.3 Å². The smallest absolute Gasteiger partial charge is 0.364 e. The van der Waals surface area contributed by atoms with E-state index in [0.717, 1.165) is 37.2 Å². The number of halogens is 3. The van der Waals surface area contributed by atoms with Crippen molar-refractivity contribution in [3.63, 3.8) is 0 Å². The predicted molar refractivity (Wildman–Crippen MR) is 150 cm³/mol. The lowest BCUT2D eigenvalue weighted by atomic mass is 9.98. The lowest BCUT2D eigenvalue weighted by Crippen LogP contribution is -2.44. The molecule has 0 amide bonds. The lowest BCUT2D eigenvalue weighted by molar-refractivity contribution is -0.137. The molecule has 2 aliphatic heterocycles. The van der Waals surface area contributed by atoms with Crippen molar-refractivity contribution in [1.29, 1.82) is 0 Å². The van der Waals surface area contributed by atoms with Gasteiger partial charge in [-0.2, -0.15) is 13.2 Å². The fraction of sp³-hybridized carbons (Fsp3) is 0.267. The quantitative estimate of drug-likeness (QED) is 0.282. The van der Waals surface area contributed by atoms with Crippen molar-refractivity contribution in [2.75, 3.05) is 23.3 Å². The number of fused-ring (bicyclic) bond motifs is 3. The van der Waals surface area contributed by atoms with Gasteiger partial charge in [0, 0.05) is 43.0 Å². The number of piperazine rings is 1. The van der Waals surface area contributed by atoms with Crippen LogP contribution in [0.25, 0.3) is 28.0 Å². The first-order valence-corrected chi connectivity index (χ1v) is 13.5. The van der Waals surface area contributed by atoms with Gasteiger partial charge in [0.15, 0.2) is 5.65 Å². The summed E-state index contributed by atoms with van der Waals surface area (Å²) in [5.74, 6) is 1.30. The maximum absolute atomic E-state index is 13.8. The van der Waals surface area contributed by atoms with Crippen molar-refractivity contribution in [3.8, 4) is 22.4 Å². The van der Waals surface area contributed by atoms with Crippen molar-refractivity contribution in [2.45, 2.75) is 37.6 Å².